The Bertz CT molecular complexity index is 641. The van der Waals surface area contributed by atoms with Crippen LogP contribution in [0.5, 0.6) is 5.75 Å². The van der Waals surface area contributed by atoms with Gasteiger partial charge in [-0.25, -0.2) is 0 Å². The normalized spacial score (nSPS) is 11.3. The van der Waals surface area contributed by atoms with Crippen molar-refractivity contribution in [2.24, 2.45) is 0 Å². The van der Waals surface area contributed by atoms with Crippen LogP contribution in [0, 0.1) is 0 Å². The van der Waals surface area contributed by atoms with E-state index in [-0.39, 0.29) is 12.3 Å². The fraction of sp³-hybridized carbons (Fsp3) is 0.231. The zero-order valence-corrected chi connectivity index (χ0v) is 11.9. The number of hydrogen-bond acceptors (Lipinski definition) is 3. The van der Waals surface area contributed by atoms with E-state index in [4.69, 9.17) is 16.3 Å². The number of amides is 1. The van der Waals surface area contributed by atoms with Gasteiger partial charge in [-0.1, -0.05) is 11.6 Å². The molecule has 1 amide bonds. The molecule has 0 spiro atoms. The Labute approximate surface area is 128 Å². The number of nitrogens with zero attached hydrogens (tertiary/aromatic N) is 2. The van der Waals surface area contributed by atoms with Gasteiger partial charge in [-0.15, -0.1) is 0 Å². The van der Waals surface area contributed by atoms with Crippen molar-refractivity contribution in [3.05, 3.63) is 41.7 Å². The van der Waals surface area contributed by atoms with Gasteiger partial charge in [0.2, 0.25) is 0 Å². The Kier molecular flexibility index (Phi) is 4.92. The number of carbonyl (C=O) groups is 1. The molecule has 0 bridgehead atoms. The van der Waals surface area contributed by atoms with Crippen molar-refractivity contribution in [3.63, 3.8) is 0 Å². The first kappa shape index (κ1) is 16.2. The van der Waals surface area contributed by atoms with E-state index >= 15 is 0 Å². The van der Waals surface area contributed by atoms with Crippen LogP contribution < -0.4 is 10.1 Å². The van der Waals surface area contributed by atoms with E-state index in [9.17, 15) is 18.0 Å². The highest BCUT2D eigenvalue weighted by atomic mass is 35.5. The lowest BCUT2D eigenvalue weighted by Gasteiger charge is -2.06. The van der Waals surface area contributed by atoms with E-state index in [0.29, 0.717) is 15.5 Å². The van der Waals surface area contributed by atoms with Gasteiger partial charge in [-0.2, -0.15) is 18.3 Å². The highest BCUT2D eigenvalue weighted by molar-refractivity contribution is 6.30. The predicted molar refractivity (Wildman–Crippen MR) is 73.9 cm³/mol. The summed E-state index contributed by atoms with van der Waals surface area (Å²) in [5, 5.41) is 6.43. The first-order valence-electron chi connectivity index (χ1n) is 6.09. The molecule has 5 nitrogen and oxygen atoms in total. The van der Waals surface area contributed by atoms with Gasteiger partial charge in [0.05, 0.1) is 11.9 Å². The van der Waals surface area contributed by atoms with Gasteiger partial charge in [0.15, 0.2) is 6.61 Å². The molecule has 0 aliphatic carbocycles. The van der Waals surface area contributed by atoms with Crippen LogP contribution in [0.25, 0.3) is 0 Å². The van der Waals surface area contributed by atoms with Gasteiger partial charge in [0.1, 0.15) is 12.3 Å². The highest BCUT2D eigenvalue weighted by Gasteiger charge is 2.28. The summed E-state index contributed by atoms with van der Waals surface area (Å²) in [7, 11) is 0. The van der Waals surface area contributed by atoms with Crippen LogP contribution in [0.1, 0.15) is 0 Å². The second-order valence-corrected chi connectivity index (χ2v) is 4.77. The Hall–Kier alpha value is -2.22. The maximum absolute atomic E-state index is 12.2. The van der Waals surface area contributed by atoms with E-state index in [0.717, 1.165) is 12.4 Å². The van der Waals surface area contributed by atoms with Gasteiger partial charge in [-0.3, -0.25) is 9.48 Å². The van der Waals surface area contributed by atoms with Crippen LogP contribution in [0.3, 0.4) is 0 Å². The van der Waals surface area contributed by atoms with E-state index in [1.54, 1.807) is 24.3 Å². The molecular weight excluding hydrogens is 323 g/mol. The molecule has 2 rings (SSSR count). The lowest BCUT2D eigenvalue weighted by Crippen LogP contribution is -2.20. The molecule has 1 N–H and O–H groups in total. The molecule has 0 fully saturated rings. The molecule has 0 aliphatic rings. The number of benzene rings is 1. The van der Waals surface area contributed by atoms with Crippen molar-refractivity contribution in [3.8, 4) is 5.75 Å². The molecule has 22 heavy (non-hydrogen) atoms. The van der Waals surface area contributed by atoms with Crippen molar-refractivity contribution >= 4 is 23.2 Å². The van der Waals surface area contributed by atoms with Gasteiger partial charge in [-0.05, 0) is 24.3 Å². The molecule has 0 radical (unpaired) electrons. The van der Waals surface area contributed by atoms with Gasteiger partial charge >= 0.3 is 6.18 Å². The van der Waals surface area contributed by atoms with Gasteiger partial charge in [0.25, 0.3) is 5.91 Å². The SMILES string of the molecule is O=C(COc1ccc(Cl)cc1)Nc1cnn(CC(F)(F)F)c1. The van der Waals surface area contributed by atoms with Crippen molar-refractivity contribution in [2.75, 3.05) is 11.9 Å². The van der Waals surface area contributed by atoms with Crippen LogP contribution in [0.4, 0.5) is 18.9 Å². The summed E-state index contributed by atoms with van der Waals surface area (Å²) in [6.45, 7) is -1.50. The zero-order chi connectivity index (χ0) is 16.2. The first-order chi connectivity index (χ1) is 10.3. The van der Waals surface area contributed by atoms with E-state index in [1.165, 1.54) is 0 Å². The zero-order valence-electron chi connectivity index (χ0n) is 11.1. The number of anilines is 1. The molecule has 0 saturated heterocycles. The Morgan fingerprint density at radius 3 is 2.64 bits per heavy atom. The first-order valence-corrected chi connectivity index (χ1v) is 6.47. The Morgan fingerprint density at radius 2 is 2.00 bits per heavy atom. The van der Waals surface area contributed by atoms with Gasteiger partial charge < -0.3 is 10.1 Å². The van der Waals surface area contributed by atoms with Crippen LogP contribution in [0.15, 0.2) is 36.7 Å². The lowest BCUT2D eigenvalue weighted by molar-refractivity contribution is -0.142. The number of halogens is 4. The molecule has 0 saturated carbocycles. The number of ether oxygens (including phenoxy) is 1. The number of carbonyl (C=O) groups excluding carboxylic acids is 1. The second-order valence-electron chi connectivity index (χ2n) is 4.33. The van der Waals surface area contributed by atoms with Crippen molar-refractivity contribution in [1.82, 2.24) is 9.78 Å². The quantitative estimate of drug-likeness (QED) is 0.914. The average molecular weight is 334 g/mol. The molecule has 1 aromatic heterocycles. The monoisotopic (exact) mass is 333 g/mol. The highest BCUT2D eigenvalue weighted by Crippen LogP contribution is 2.18. The summed E-state index contributed by atoms with van der Waals surface area (Å²) in [5.74, 6) is -0.0613. The molecule has 0 aliphatic heterocycles. The number of rotatable bonds is 5. The van der Waals surface area contributed by atoms with E-state index in [2.05, 4.69) is 10.4 Å². The fourth-order valence-electron chi connectivity index (χ4n) is 1.58. The maximum atomic E-state index is 12.2. The molecule has 0 unspecified atom stereocenters. The summed E-state index contributed by atoms with van der Waals surface area (Å²) in [6, 6.07) is 6.40. The predicted octanol–water partition coefficient (Wildman–Crippen LogP) is 3.12. The number of alkyl halides is 3. The minimum absolute atomic E-state index is 0.161. The average Bonchev–Trinajstić information content (AvgIpc) is 2.83. The van der Waals surface area contributed by atoms with Crippen LogP contribution in [-0.2, 0) is 11.3 Å². The largest absolute Gasteiger partial charge is 0.484 e. The third kappa shape index (κ3) is 5.28. The lowest BCUT2D eigenvalue weighted by atomic mass is 10.3. The summed E-state index contributed by atoms with van der Waals surface area (Å²) in [5.41, 5.74) is 0.161. The molecule has 118 valence electrons. The number of hydrogen-bond donors (Lipinski definition) is 1. The smallest absolute Gasteiger partial charge is 0.408 e. The van der Waals surface area contributed by atoms with Gasteiger partial charge in [0, 0.05) is 11.2 Å². The Balaban J connectivity index is 1.83. The fourth-order valence-corrected chi connectivity index (χ4v) is 1.70. The minimum Gasteiger partial charge on any atom is -0.484 e. The van der Waals surface area contributed by atoms with Crippen molar-refractivity contribution < 1.29 is 22.7 Å². The van der Waals surface area contributed by atoms with Crippen LogP contribution in [-0.4, -0.2) is 28.5 Å². The van der Waals surface area contributed by atoms with E-state index < -0.39 is 18.6 Å². The van der Waals surface area contributed by atoms with E-state index in [1.807, 2.05) is 0 Å². The molecule has 9 heteroatoms. The molecule has 1 aromatic carbocycles. The van der Waals surface area contributed by atoms with Crippen molar-refractivity contribution in [2.45, 2.75) is 12.7 Å². The third-order valence-electron chi connectivity index (χ3n) is 2.44. The number of aromatic nitrogens is 2. The summed E-state index contributed by atoms with van der Waals surface area (Å²) in [4.78, 5) is 11.6. The summed E-state index contributed by atoms with van der Waals surface area (Å²) in [6.07, 6.45) is -2.15. The molecular formula is C13H11ClF3N3O2. The van der Waals surface area contributed by atoms with Crippen LogP contribution >= 0.6 is 11.6 Å². The molecule has 1 heterocycles. The maximum Gasteiger partial charge on any atom is 0.408 e. The number of nitrogens with one attached hydrogen (secondary N) is 1. The van der Waals surface area contributed by atoms with Crippen molar-refractivity contribution in [1.29, 1.82) is 0 Å². The van der Waals surface area contributed by atoms with Crippen LogP contribution in [0.2, 0.25) is 5.02 Å². The summed E-state index contributed by atoms with van der Waals surface area (Å²) >= 11 is 5.71. The Morgan fingerprint density at radius 1 is 1.32 bits per heavy atom. The minimum atomic E-state index is -4.37. The molecule has 2 aromatic rings. The molecule has 0 atom stereocenters. The topological polar surface area (TPSA) is 56.1 Å². The standard InChI is InChI=1S/C13H11ClF3N3O2/c14-9-1-3-11(4-2-9)22-7-12(21)19-10-5-18-20(6-10)8-13(15,16)17/h1-6H,7-8H2,(H,19,21). The summed E-state index contributed by atoms with van der Waals surface area (Å²) < 4.78 is 42.4. The second kappa shape index (κ2) is 6.69. The third-order valence-corrected chi connectivity index (χ3v) is 2.69.